The van der Waals surface area contributed by atoms with Crippen LogP contribution >= 0.6 is 0 Å². The van der Waals surface area contributed by atoms with Crippen molar-refractivity contribution in [2.45, 2.75) is 63.0 Å². The van der Waals surface area contributed by atoms with Crippen LogP contribution in [0.5, 0.6) is 0 Å². The van der Waals surface area contributed by atoms with E-state index in [0.29, 0.717) is 24.3 Å². The molecule has 2 N–H and O–H groups in total. The number of hydrogen-bond acceptors (Lipinski definition) is 3. The predicted molar refractivity (Wildman–Crippen MR) is 78.2 cm³/mol. The second-order valence-electron chi connectivity index (χ2n) is 6.91. The van der Waals surface area contributed by atoms with E-state index in [-0.39, 0.29) is 12.5 Å². The molecule has 2 aliphatic carbocycles. The van der Waals surface area contributed by atoms with Crippen LogP contribution in [0.4, 0.5) is 0 Å². The van der Waals surface area contributed by atoms with Gasteiger partial charge in [0.2, 0.25) is 5.91 Å². The van der Waals surface area contributed by atoms with Gasteiger partial charge in [0.1, 0.15) is 0 Å². The van der Waals surface area contributed by atoms with E-state index in [1.807, 2.05) is 0 Å². The Morgan fingerprint density at radius 3 is 2.70 bits per heavy atom. The van der Waals surface area contributed by atoms with Gasteiger partial charge in [0.15, 0.2) is 0 Å². The summed E-state index contributed by atoms with van der Waals surface area (Å²) in [6, 6.07) is 0. The maximum absolute atomic E-state index is 12.3. The Kier molecular flexibility index (Phi) is 4.26. The molecule has 114 valence electrons. The molecule has 1 amide bonds. The molecule has 4 nitrogen and oxygen atoms in total. The summed E-state index contributed by atoms with van der Waals surface area (Å²) < 4.78 is 0. The van der Waals surface area contributed by atoms with Crippen LogP contribution in [0.15, 0.2) is 12.2 Å². The Bertz CT molecular complexity index is 409. The van der Waals surface area contributed by atoms with E-state index in [1.165, 1.54) is 0 Å². The molecular formula is C16H27NO3. The molecule has 0 saturated heterocycles. The fourth-order valence-corrected chi connectivity index (χ4v) is 4.34. The van der Waals surface area contributed by atoms with Crippen LogP contribution in [0.1, 0.15) is 51.9 Å². The molecule has 0 radical (unpaired) electrons. The van der Waals surface area contributed by atoms with E-state index >= 15 is 0 Å². The SMILES string of the molecule is C=C(C)C(=O)N(C)C1(CCO)CC2CCCC(O)(C2)C1. The fourth-order valence-electron chi connectivity index (χ4n) is 4.34. The van der Waals surface area contributed by atoms with Gasteiger partial charge < -0.3 is 15.1 Å². The maximum Gasteiger partial charge on any atom is 0.249 e. The summed E-state index contributed by atoms with van der Waals surface area (Å²) in [6.45, 7) is 5.49. The Labute approximate surface area is 121 Å². The maximum atomic E-state index is 12.3. The summed E-state index contributed by atoms with van der Waals surface area (Å²) in [4.78, 5) is 14.0. The number of fused-ring (bicyclic) bond motifs is 2. The number of carbonyl (C=O) groups excluding carboxylic acids is 1. The van der Waals surface area contributed by atoms with Gasteiger partial charge >= 0.3 is 0 Å². The van der Waals surface area contributed by atoms with Crippen molar-refractivity contribution < 1.29 is 15.0 Å². The number of aliphatic hydroxyl groups is 2. The van der Waals surface area contributed by atoms with Crippen LogP contribution in [0, 0.1) is 5.92 Å². The quantitative estimate of drug-likeness (QED) is 0.773. The third kappa shape index (κ3) is 2.77. The summed E-state index contributed by atoms with van der Waals surface area (Å²) in [5.74, 6) is 0.372. The fraction of sp³-hybridized carbons (Fsp3) is 0.812. The molecule has 2 saturated carbocycles. The van der Waals surface area contributed by atoms with E-state index in [9.17, 15) is 15.0 Å². The van der Waals surface area contributed by atoms with E-state index in [0.717, 1.165) is 32.1 Å². The largest absolute Gasteiger partial charge is 0.396 e. The summed E-state index contributed by atoms with van der Waals surface area (Å²) in [6.07, 6.45) is 5.82. The molecule has 2 rings (SSSR count). The molecule has 20 heavy (non-hydrogen) atoms. The van der Waals surface area contributed by atoms with Gasteiger partial charge in [0.25, 0.3) is 0 Å². The van der Waals surface area contributed by atoms with Crippen molar-refractivity contribution >= 4 is 5.91 Å². The van der Waals surface area contributed by atoms with Gasteiger partial charge in [-0.1, -0.05) is 19.4 Å². The first kappa shape index (κ1) is 15.5. The molecule has 2 fully saturated rings. The Morgan fingerprint density at radius 2 is 2.15 bits per heavy atom. The molecule has 0 aromatic carbocycles. The van der Waals surface area contributed by atoms with Crippen LogP contribution in [-0.4, -0.2) is 45.8 Å². The van der Waals surface area contributed by atoms with Crippen LogP contribution < -0.4 is 0 Å². The highest BCUT2D eigenvalue weighted by Crippen LogP contribution is 2.50. The predicted octanol–water partition coefficient (Wildman–Crippen LogP) is 1.86. The zero-order valence-corrected chi connectivity index (χ0v) is 12.7. The minimum absolute atomic E-state index is 0.0383. The van der Waals surface area contributed by atoms with Crippen LogP contribution in [0.2, 0.25) is 0 Å². The van der Waals surface area contributed by atoms with Crippen molar-refractivity contribution in [1.82, 2.24) is 4.90 Å². The van der Waals surface area contributed by atoms with E-state index < -0.39 is 11.1 Å². The second-order valence-corrected chi connectivity index (χ2v) is 6.91. The average molecular weight is 281 g/mol. The Morgan fingerprint density at radius 1 is 1.45 bits per heavy atom. The smallest absolute Gasteiger partial charge is 0.249 e. The lowest BCUT2D eigenvalue weighted by molar-refractivity contribution is -0.147. The topological polar surface area (TPSA) is 60.8 Å². The highest BCUT2D eigenvalue weighted by molar-refractivity contribution is 5.92. The molecule has 2 aliphatic rings. The van der Waals surface area contributed by atoms with Gasteiger partial charge in [-0.3, -0.25) is 4.79 Å². The van der Waals surface area contributed by atoms with Crippen molar-refractivity contribution in [3.8, 4) is 0 Å². The van der Waals surface area contributed by atoms with Crippen molar-refractivity contribution in [2.24, 2.45) is 5.92 Å². The van der Waals surface area contributed by atoms with Gasteiger partial charge in [0, 0.05) is 24.8 Å². The van der Waals surface area contributed by atoms with Crippen LogP contribution in [0.25, 0.3) is 0 Å². The summed E-state index contributed by atoms with van der Waals surface area (Å²) in [7, 11) is 1.79. The van der Waals surface area contributed by atoms with Crippen LogP contribution in [0.3, 0.4) is 0 Å². The number of likely N-dealkylation sites (N-methyl/N-ethyl adjacent to an activating group) is 1. The number of rotatable bonds is 4. The Hall–Kier alpha value is -0.870. The van der Waals surface area contributed by atoms with Gasteiger partial charge in [0.05, 0.1) is 5.60 Å². The highest BCUT2D eigenvalue weighted by atomic mass is 16.3. The lowest BCUT2D eigenvalue weighted by Crippen LogP contribution is -2.60. The minimum atomic E-state index is -0.667. The molecule has 2 bridgehead atoms. The molecule has 0 heterocycles. The average Bonchev–Trinajstić information content (AvgIpc) is 2.35. The third-order valence-corrected chi connectivity index (χ3v) is 5.21. The summed E-state index contributed by atoms with van der Waals surface area (Å²) >= 11 is 0. The molecule has 0 aromatic rings. The van der Waals surface area contributed by atoms with Crippen LogP contribution in [-0.2, 0) is 4.79 Å². The molecule has 0 aliphatic heterocycles. The van der Waals surface area contributed by atoms with Crippen molar-refractivity contribution in [3.63, 3.8) is 0 Å². The van der Waals surface area contributed by atoms with Crippen molar-refractivity contribution in [2.75, 3.05) is 13.7 Å². The highest BCUT2D eigenvalue weighted by Gasteiger charge is 2.51. The van der Waals surface area contributed by atoms with Gasteiger partial charge in [-0.2, -0.15) is 0 Å². The molecular weight excluding hydrogens is 254 g/mol. The first-order valence-corrected chi connectivity index (χ1v) is 7.59. The summed E-state index contributed by atoms with van der Waals surface area (Å²) in [5, 5.41) is 20.2. The van der Waals surface area contributed by atoms with Gasteiger partial charge in [-0.15, -0.1) is 0 Å². The molecule has 0 aromatic heterocycles. The molecule has 3 unspecified atom stereocenters. The minimum Gasteiger partial charge on any atom is -0.396 e. The van der Waals surface area contributed by atoms with Crippen molar-refractivity contribution in [3.05, 3.63) is 12.2 Å². The number of hydrogen-bond donors (Lipinski definition) is 2. The number of nitrogens with zero attached hydrogens (tertiary/aromatic N) is 1. The first-order valence-electron chi connectivity index (χ1n) is 7.59. The van der Waals surface area contributed by atoms with E-state index in [2.05, 4.69) is 6.58 Å². The number of carbonyl (C=O) groups is 1. The number of amides is 1. The standard InChI is InChI=1S/C16H27NO3/c1-12(2)14(19)17(3)15(7-8-18)9-13-5-4-6-16(20,10-13)11-15/h13,18,20H,1,4-11H2,2-3H3. The monoisotopic (exact) mass is 281 g/mol. The van der Waals surface area contributed by atoms with E-state index in [1.54, 1.807) is 18.9 Å². The third-order valence-electron chi connectivity index (χ3n) is 5.21. The zero-order chi connectivity index (χ0) is 15.0. The lowest BCUT2D eigenvalue weighted by atomic mass is 9.60. The Balaban J connectivity index is 2.29. The summed E-state index contributed by atoms with van der Waals surface area (Å²) in [5.41, 5.74) is -0.587. The second kappa shape index (κ2) is 5.49. The zero-order valence-electron chi connectivity index (χ0n) is 12.7. The first-order chi connectivity index (χ1) is 9.32. The number of aliphatic hydroxyl groups excluding tert-OH is 1. The molecule has 3 atom stereocenters. The van der Waals surface area contributed by atoms with Gasteiger partial charge in [-0.05, 0) is 44.9 Å². The van der Waals surface area contributed by atoms with E-state index in [4.69, 9.17) is 0 Å². The van der Waals surface area contributed by atoms with Gasteiger partial charge in [-0.25, -0.2) is 0 Å². The lowest BCUT2D eigenvalue weighted by Gasteiger charge is -2.55. The molecule has 0 spiro atoms. The van der Waals surface area contributed by atoms with Crippen molar-refractivity contribution in [1.29, 1.82) is 0 Å². The molecule has 4 heteroatoms. The normalized spacial score (nSPS) is 36.5.